The number of para-hydroxylation sites is 2. The molecular weight excluding hydrogens is 350 g/mol. The van der Waals surface area contributed by atoms with Gasteiger partial charge in [0.15, 0.2) is 5.11 Å². The van der Waals surface area contributed by atoms with Gasteiger partial charge in [-0.15, -0.1) is 0 Å². The number of nitrogens with one attached hydrogen (secondary N) is 2. The fourth-order valence-electron chi connectivity index (χ4n) is 1.82. The quantitative estimate of drug-likeness (QED) is 0.375. The molecule has 6 nitrogen and oxygen atoms in total. The highest BCUT2D eigenvalue weighted by atomic mass is 35.5. The number of benzene rings is 2. The van der Waals surface area contributed by atoms with Gasteiger partial charge in [0.25, 0.3) is 5.69 Å². The van der Waals surface area contributed by atoms with Crippen molar-refractivity contribution in [3.63, 3.8) is 0 Å². The van der Waals surface area contributed by atoms with Crippen LogP contribution in [0, 0.1) is 10.1 Å². The Kier molecular flexibility index (Phi) is 6.00. The second-order valence-electron chi connectivity index (χ2n) is 4.57. The molecule has 122 valence electrons. The molecule has 0 aromatic heterocycles. The second kappa shape index (κ2) is 8.19. The summed E-state index contributed by atoms with van der Waals surface area (Å²) in [4.78, 5) is 22.2. The van der Waals surface area contributed by atoms with E-state index >= 15 is 0 Å². The number of amides is 1. The standard InChI is InChI=1S/C16H12ClN3O3S/c17-12-6-2-1-5-11(12)9-10-15(21)19-16(24)18-13-7-3-4-8-14(13)20(22)23/h1-10H,(H2,18,19,21,24)/b10-9+. The van der Waals surface area contributed by atoms with Crippen molar-refractivity contribution in [3.05, 3.63) is 75.3 Å². The maximum atomic E-state index is 11.8. The summed E-state index contributed by atoms with van der Waals surface area (Å²) < 4.78 is 0. The maximum Gasteiger partial charge on any atom is 0.292 e. The highest BCUT2D eigenvalue weighted by Crippen LogP contribution is 2.22. The minimum atomic E-state index is -0.538. The third kappa shape index (κ3) is 4.87. The van der Waals surface area contributed by atoms with Crippen LogP contribution < -0.4 is 10.6 Å². The van der Waals surface area contributed by atoms with Crippen LogP contribution in [-0.4, -0.2) is 15.9 Å². The van der Waals surface area contributed by atoms with E-state index in [1.54, 1.807) is 36.4 Å². The molecule has 24 heavy (non-hydrogen) atoms. The van der Waals surface area contributed by atoms with Gasteiger partial charge in [-0.2, -0.15) is 0 Å². The monoisotopic (exact) mass is 361 g/mol. The van der Waals surface area contributed by atoms with Crippen molar-refractivity contribution in [2.75, 3.05) is 5.32 Å². The van der Waals surface area contributed by atoms with Crippen LogP contribution in [-0.2, 0) is 4.79 Å². The highest BCUT2D eigenvalue weighted by molar-refractivity contribution is 7.80. The molecule has 2 N–H and O–H groups in total. The summed E-state index contributed by atoms with van der Waals surface area (Å²) in [5, 5.41) is 16.4. The zero-order chi connectivity index (χ0) is 17.5. The number of nitro benzene ring substituents is 1. The lowest BCUT2D eigenvalue weighted by Crippen LogP contribution is -2.33. The van der Waals surface area contributed by atoms with Crippen LogP contribution in [0.3, 0.4) is 0 Å². The third-order valence-corrected chi connectivity index (χ3v) is 3.45. The first kappa shape index (κ1) is 17.6. The Labute approximate surface area is 148 Å². The smallest absolute Gasteiger partial charge is 0.292 e. The lowest BCUT2D eigenvalue weighted by atomic mass is 10.2. The van der Waals surface area contributed by atoms with Crippen molar-refractivity contribution in [1.82, 2.24) is 5.32 Å². The van der Waals surface area contributed by atoms with Crippen molar-refractivity contribution in [1.29, 1.82) is 0 Å². The number of carbonyl (C=O) groups excluding carboxylic acids is 1. The van der Waals surface area contributed by atoms with E-state index in [1.165, 1.54) is 24.3 Å². The summed E-state index contributed by atoms with van der Waals surface area (Å²) in [6, 6.07) is 13.0. The van der Waals surface area contributed by atoms with Gasteiger partial charge in [-0.25, -0.2) is 0 Å². The Hall–Kier alpha value is -2.77. The minimum Gasteiger partial charge on any atom is -0.327 e. The molecule has 2 rings (SSSR count). The largest absolute Gasteiger partial charge is 0.327 e. The second-order valence-corrected chi connectivity index (χ2v) is 5.39. The molecule has 0 fully saturated rings. The lowest BCUT2D eigenvalue weighted by molar-refractivity contribution is -0.383. The van der Waals surface area contributed by atoms with E-state index < -0.39 is 10.8 Å². The Morgan fingerprint density at radius 1 is 1.17 bits per heavy atom. The summed E-state index contributed by atoms with van der Waals surface area (Å²) in [5.41, 5.74) is 0.746. The number of thiocarbonyl (C=S) groups is 1. The van der Waals surface area contributed by atoms with E-state index in [-0.39, 0.29) is 16.5 Å². The molecule has 1 amide bonds. The van der Waals surface area contributed by atoms with Gasteiger partial charge >= 0.3 is 0 Å². The van der Waals surface area contributed by atoms with Crippen LogP contribution in [0.1, 0.15) is 5.56 Å². The van der Waals surface area contributed by atoms with Gasteiger partial charge in [-0.3, -0.25) is 20.2 Å². The number of rotatable bonds is 4. The normalized spacial score (nSPS) is 10.4. The van der Waals surface area contributed by atoms with Crippen molar-refractivity contribution in [2.45, 2.75) is 0 Å². The van der Waals surface area contributed by atoms with Crippen LogP contribution in [0.5, 0.6) is 0 Å². The Morgan fingerprint density at radius 2 is 1.83 bits per heavy atom. The van der Waals surface area contributed by atoms with E-state index in [0.29, 0.717) is 10.6 Å². The number of carbonyl (C=O) groups is 1. The highest BCUT2D eigenvalue weighted by Gasteiger charge is 2.13. The average Bonchev–Trinajstić information content (AvgIpc) is 2.54. The van der Waals surface area contributed by atoms with Crippen molar-refractivity contribution < 1.29 is 9.72 Å². The van der Waals surface area contributed by atoms with Gasteiger partial charge in [0.1, 0.15) is 5.69 Å². The third-order valence-electron chi connectivity index (χ3n) is 2.91. The zero-order valence-electron chi connectivity index (χ0n) is 12.2. The average molecular weight is 362 g/mol. The molecule has 0 bridgehead atoms. The Morgan fingerprint density at radius 3 is 2.54 bits per heavy atom. The van der Waals surface area contributed by atoms with Gasteiger partial charge in [-0.1, -0.05) is 41.9 Å². The summed E-state index contributed by atoms with van der Waals surface area (Å²) >= 11 is 11.0. The Bertz CT molecular complexity index is 824. The van der Waals surface area contributed by atoms with Crippen LogP contribution in [0.25, 0.3) is 6.08 Å². The van der Waals surface area contributed by atoms with Crippen molar-refractivity contribution >= 4 is 52.3 Å². The molecule has 0 saturated heterocycles. The molecule has 0 heterocycles. The van der Waals surface area contributed by atoms with Gasteiger partial charge in [-0.05, 0) is 36.0 Å². The molecule has 0 saturated carbocycles. The molecule has 0 radical (unpaired) electrons. The van der Waals surface area contributed by atoms with E-state index in [2.05, 4.69) is 10.6 Å². The molecule has 0 aliphatic carbocycles. The van der Waals surface area contributed by atoms with E-state index in [0.717, 1.165) is 0 Å². The Balaban J connectivity index is 1.99. The van der Waals surface area contributed by atoms with E-state index in [1.807, 2.05) is 0 Å². The summed E-state index contributed by atoms with van der Waals surface area (Å²) in [7, 11) is 0. The molecular formula is C16H12ClN3O3S. The number of nitrogens with zero attached hydrogens (tertiary/aromatic N) is 1. The van der Waals surface area contributed by atoms with E-state index in [4.69, 9.17) is 23.8 Å². The van der Waals surface area contributed by atoms with Gasteiger partial charge in [0.05, 0.1) is 4.92 Å². The summed E-state index contributed by atoms with van der Waals surface area (Å²) in [5.74, 6) is -0.481. The van der Waals surface area contributed by atoms with Gasteiger partial charge < -0.3 is 5.32 Å². The first-order chi connectivity index (χ1) is 11.5. The molecule has 2 aromatic rings. The molecule has 8 heteroatoms. The number of anilines is 1. The number of hydrogen-bond acceptors (Lipinski definition) is 4. The molecule has 0 spiro atoms. The van der Waals surface area contributed by atoms with Crippen LogP contribution in [0.15, 0.2) is 54.6 Å². The minimum absolute atomic E-state index is 0.0434. The number of hydrogen-bond donors (Lipinski definition) is 2. The van der Waals surface area contributed by atoms with Crippen LogP contribution >= 0.6 is 23.8 Å². The van der Waals surface area contributed by atoms with Crippen LogP contribution in [0.4, 0.5) is 11.4 Å². The van der Waals surface area contributed by atoms with Crippen LogP contribution in [0.2, 0.25) is 5.02 Å². The fraction of sp³-hybridized carbons (Fsp3) is 0. The number of halogens is 1. The fourth-order valence-corrected chi connectivity index (χ4v) is 2.23. The zero-order valence-corrected chi connectivity index (χ0v) is 13.8. The van der Waals surface area contributed by atoms with Crippen molar-refractivity contribution in [3.8, 4) is 0 Å². The topological polar surface area (TPSA) is 84.3 Å². The lowest BCUT2D eigenvalue weighted by Gasteiger charge is -2.08. The van der Waals surface area contributed by atoms with Crippen molar-refractivity contribution in [2.24, 2.45) is 0 Å². The molecule has 0 aliphatic rings. The molecule has 0 aliphatic heterocycles. The summed E-state index contributed by atoms with van der Waals surface area (Å²) in [6.45, 7) is 0. The molecule has 0 atom stereocenters. The molecule has 0 unspecified atom stereocenters. The SMILES string of the molecule is O=C(/C=C/c1ccccc1Cl)NC(=S)Nc1ccccc1[N+](=O)[O-]. The maximum absolute atomic E-state index is 11.8. The van der Waals surface area contributed by atoms with Gasteiger partial charge in [0.2, 0.25) is 5.91 Å². The number of nitro groups is 1. The van der Waals surface area contributed by atoms with Gasteiger partial charge in [0, 0.05) is 17.2 Å². The predicted molar refractivity (Wildman–Crippen MR) is 97.9 cm³/mol. The summed E-state index contributed by atoms with van der Waals surface area (Å²) in [6.07, 6.45) is 2.82. The first-order valence-electron chi connectivity index (χ1n) is 6.75. The first-order valence-corrected chi connectivity index (χ1v) is 7.54. The molecule has 2 aromatic carbocycles. The predicted octanol–water partition coefficient (Wildman–Crippen LogP) is 3.77. The van der Waals surface area contributed by atoms with E-state index in [9.17, 15) is 14.9 Å².